The van der Waals surface area contributed by atoms with Crippen molar-refractivity contribution in [3.63, 3.8) is 0 Å². The number of aliphatic carboxylic acids is 1. The molecule has 1 saturated heterocycles. The second-order valence-electron chi connectivity index (χ2n) is 5.46. The number of hydrogen-bond acceptors (Lipinski definition) is 2. The third kappa shape index (κ3) is 2.17. The molecule has 4 nitrogen and oxygen atoms in total. The van der Waals surface area contributed by atoms with E-state index in [-0.39, 0.29) is 17.2 Å². The number of hydrogen-bond donors (Lipinski definition) is 1. The summed E-state index contributed by atoms with van der Waals surface area (Å²) in [5, 5.41) is 8.95. The van der Waals surface area contributed by atoms with Crippen molar-refractivity contribution in [2.24, 2.45) is 11.3 Å². The first-order chi connectivity index (χ1) is 8.09. The van der Waals surface area contributed by atoms with Gasteiger partial charge in [-0.2, -0.15) is 0 Å². The van der Waals surface area contributed by atoms with Gasteiger partial charge in [0.1, 0.15) is 0 Å². The third-order valence-corrected chi connectivity index (χ3v) is 4.32. The minimum Gasteiger partial charge on any atom is -0.481 e. The van der Waals surface area contributed by atoms with E-state index in [1.807, 2.05) is 0 Å². The molecule has 0 aromatic carbocycles. The van der Waals surface area contributed by atoms with Crippen molar-refractivity contribution in [1.29, 1.82) is 0 Å². The fourth-order valence-electron chi connectivity index (χ4n) is 3.13. The Kier molecular flexibility index (Phi) is 3.40. The highest BCUT2D eigenvalue weighted by molar-refractivity contribution is 5.84. The number of carbonyl (C=O) groups excluding carboxylic acids is 1. The molecule has 17 heavy (non-hydrogen) atoms. The van der Waals surface area contributed by atoms with Gasteiger partial charge < -0.3 is 10.0 Å². The lowest BCUT2D eigenvalue weighted by Crippen LogP contribution is -2.47. The Labute approximate surface area is 102 Å². The van der Waals surface area contributed by atoms with Crippen LogP contribution in [0.2, 0.25) is 0 Å². The predicted molar refractivity (Wildman–Crippen MR) is 63.5 cm³/mol. The SMILES string of the molecule is CCCC1(C(=O)N2CCC(C(=O)O)C2)CCC1. The maximum Gasteiger partial charge on any atom is 0.308 e. The normalized spacial score (nSPS) is 26.6. The Balaban J connectivity index is 1.98. The highest BCUT2D eigenvalue weighted by Gasteiger charge is 2.47. The molecule has 1 aliphatic heterocycles. The Bertz CT molecular complexity index is 323. The monoisotopic (exact) mass is 239 g/mol. The van der Waals surface area contributed by atoms with E-state index < -0.39 is 5.97 Å². The molecule has 4 heteroatoms. The van der Waals surface area contributed by atoms with Crippen molar-refractivity contribution in [2.75, 3.05) is 13.1 Å². The average molecular weight is 239 g/mol. The van der Waals surface area contributed by atoms with E-state index in [4.69, 9.17) is 5.11 Å². The minimum absolute atomic E-state index is 0.137. The summed E-state index contributed by atoms with van der Waals surface area (Å²) in [4.78, 5) is 25.1. The van der Waals surface area contributed by atoms with E-state index in [1.54, 1.807) is 4.90 Å². The molecule has 1 saturated carbocycles. The van der Waals surface area contributed by atoms with E-state index in [0.29, 0.717) is 19.5 Å². The van der Waals surface area contributed by atoms with E-state index in [9.17, 15) is 9.59 Å². The number of nitrogens with zero attached hydrogens (tertiary/aromatic N) is 1. The molecule has 1 heterocycles. The van der Waals surface area contributed by atoms with Crippen LogP contribution in [0.5, 0.6) is 0 Å². The van der Waals surface area contributed by atoms with E-state index in [1.165, 1.54) is 0 Å². The Hall–Kier alpha value is -1.06. The van der Waals surface area contributed by atoms with Gasteiger partial charge >= 0.3 is 5.97 Å². The first kappa shape index (κ1) is 12.4. The van der Waals surface area contributed by atoms with Crippen LogP contribution in [-0.2, 0) is 9.59 Å². The summed E-state index contributed by atoms with van der Waals surface area (Å²) in [7, 11) is 0. The number of carboxylic acids is 1. The quantitative estimate of drug-likeness (QED) is 0.815. The van der Waals surface area contributed by atoms with E-state index in [2.05, 4.69) is 6.92 Å². The van der Waals surface area contributed by atoms with Gasteiger partial charge in [0.15, 0.2) is 0 Å². The number of rotatable bonds is 4. The molecule has 0 bridgehead atoms. The molecule has 2 aliphatic rings. The highest BCUT2D eigenvalue weighted by atomic mass is 16.4. The van der Waals surface area contributed by atoms with Gasteiger partial charge in [-0.15, -0.1) is 0 Å². The van der Waals surface area contributed by atoms with Crippen molar-refractivity contribution in [1.82, 2.24) is 4.90 Å². The molecular weight excluding hydrogens is 218 g/mol. The van der Waals surface area contributed by atoms with Gasteiger partial charge in [-0.05, 0) is 25.7 Å². The zero-order valence-corrected chi connectivity index (χ0v) is 10.4. The highest BCUT2D eigenvalue weighted by Crippen LogP contribution is 2.46. The molecule has 2 fully saturated rings. The Morgan fingerprint density at radius 1 is 1.41 bits per heavy atom. The summed E-state index contributed by atoms with van der Waals surface area (Å²) in [6.07, 6.45) is 5.73. The Morgan fingerprint density at radius 2 is 2.12 bits per heavy atom. The molecule has 1 amide bonds. The molecular formula is C13H21NO3. The molecule has 1 N–H and O–H groups in total. The molecule has 0 aromatic heterocycles. The fraction of sp³-hybridized carbons (Fsp3) is 0.846. The zero-order chi connectivity index (χ0) is 12.5. The molecule has 1 aliphatic carbocycles. The minimum atomic E-state index is -0.765. The smallest absolute Gasteiger partial charge is 0.308 e. The maximum atomic E-state index is 12.4. The van der Waals surface area contributed by atoms with Crippen LogP contribution in [0.15, 0.2) is 0 Å². The van der Waals surface area contributed by atoms with Crippen molar-refractivity contribution >= 4 is 11.9 Å². The number of carbonyl (C=O) groups is 2. The summed E-state index contributed by atoms with van der Waals surface area (Å²) in [6, 6.07) is 0. The van der Waals surface area contributed by atoms with Gasteiger partial charge in [0, 0.05) is 18.5 Å². The van der Waals surface area contributed by atoms with Crippen LogP contribution in [0, 0.1) is 11.3 Å². The third-order valence-electron chi connectivity index (χ3n) is 4.32. The van der Waals surface area contributed by atoms with Crippen molar-refractivity contribution in [3.8, 4) is 0 Å². The second-order valence-corrected chi connectivity index (χ2v) is 5.46. The van der Waals surface area contributed by atoms with Gasteiger partial charge in [0.2, 0.25) is 5.91 Å². The number of amides is 1. The summed E-state index contributed by atoms with van der Waals surface area (Å²) in [6.45, 7) is 3.15. The van der Waals surface area contributed by atoms with Crippen LogP contribution >= 0.6 is 0 Å². The van der Waals surface area contributed by atoms with Gasteiger partial charge in [-0.25, -0.2) is 0 Å². The molecule has 0 radical (unpaired) electrons. The maximum absolute atomic E-state index is 12.4. The summed E-state index contributed by atoms with van der Waals surface area (Å²) in [5.74, 6) is -0.898. The fourth-order valence-corrected chi connectivity index (χ4v) is 3.13. The lowest BCUT2D eigenvalue weighted by atomic mass is 9.65. The number of likely N-dealkylation sites (tertiary alicyclic amines) is 1. The molecule has 96 valence electrons. The Morgan fingerprint density at radius 3 is 2.53 bits per heavy atom. The van der Waals surface area contributed by atoms with Crippen LogP contribution in [0.1, 0.15) is 45.4 Å². The molecule has 1 atom stereocenters. The zero-order valence-electron chi connectivity index (χ0n) is 10.4. The lowest BCUT2D eigenvalue weighted by molar-refractivity contribution is -0.148. The van der Waals surface area contributed by atoms with Crippen molar-refractivity contribution < 1.29 is 14.7 Å². The van der Waals surface area contributed by atoms with Crippen molar-refractivity contribution in [2.45, 2.75) is 45.4 Å². The standard InChI is InChI=1S/C13H21NO3/c1-2-5-13(6-3-7-13)12(17)14-8-4-10(9-14)11(15)16/h10H,2-9H2,1H3,(H,15,16). The van der Waals surface area contributed by atoms with Crippen LogP contribution < -0.4 is 0 Å². The van der Waals surface area contributed by atoms with Gasteiger partial charge in [0.25, 0.3) is 0 Å². The molecule has 0 aromatic rings. The van der Waals surface area contributed by atoms with Crippen LogP contribution in [-0.4, -0.2) is 35.0 Å². The molecule has 1 unspecified atom stereocenters. The summed E-state index contributed by atoms with van der Waals surface area (Å²) in [5.41, 5.74) is -0.137. The second kappa shape index (κ2) is 4.67. The van der Waals surface area contributed by atoms with Crippen LogP contribution in [0.3, 0.4) is 0 Å². The van der Waals surface area contributed by atoms with E-state index >= 15 is 0 Å². The van der Waals surface area contributed by atoms with E-state index in [0.717, 1.165) is 32.1 Å². The first-order valence-electron chi connectivity index (χ1n) is 6.61. The van der Waals surface area contributed by atoms with Gasteiger partial charge in [-0.1, -0.05) is 19.8 Å². The van der Waals surface area contributed by atoms with Gasteiger partial charge in [-0.3, -0.25) is 9.59 Å². The van der Waals surface area contributed by atoms with Gasteiger partial charge in [0.05, 0.1) is 5.92 Å². The lowest BCUT2D eigenvalue weighted by Gasteiger charge is -2.42. The van der Waals surface area contributed by atoms with Crippen molar-refractivity contribution in [3.05, 3.63) is 0 Å². The topological polar surface area (TPSA) is 57.6 Å². The molecule has 2 rings (SSSR count). The predicted octanol–water partition coefficient (Wildman–Crippen LogP) is 1.89. The summed E-state index contributed by atoms with van der Waals surface area (Å²) >= 11 is 0. The number of carboxylic acid groups (broad SMARTS) is 1. The van der Waals surface area contributed by atoms with Crippen LogP contribution in [0.25, 0.3) is 0 Å². The first-order valence-corrected chi connectivity index (χ1v) is 6.61. The summed E-state index contributed by atoms with van der Waals surface area (Å²) < 4.78 is 0. The largest absolute Gasteiger partial charge is 0.481 e. The average Bonchev–Trinajstić information content (AvgIpc) is 2.71. The van der Waals surface area contributed by atoms with Crippen LogP contribution in [0.4, 0.5) is 0 Å². The molecule has 0 spiro atoms.